The average Bonchev–Trinajstić information content (AvgIpc) is 3.67. The fourth-order valence-electron chi connectivity index (χ4n) is 10.1. The molecule has 0 aromatic heterocycles. The third-order valence-corrected chi connectivity index (χ3v) is 16.9. The number of hydrogen-bond acceptors (Lipinski definition) is 0. The Bertz CT molecular complexity index is 1680. The summed E-state index contributed by atoms with van der Waals surface area (Å²) in [5.74, 6) is 7.00. The van der Waals surface area contributed by atoms with Crippen molar-refractivity contribution in [2.24, 2.45) is 0 Å². The summed E-state index contributed by atoms with van der Waals surface area (Å²) in [7, 11) is 0. The number of aryl methyl sites for hydroxylation is 2. The molecule has 0 aliphatic carbocycles. The van der Waals surface area contributed by atoms with Crippen molar-refractivity contribution < 1.29 is 22.7 Å². The van der Waals surface area contributed by atoms with Crippen LogP contribution in [0.15, 0.2) is 59.7 Å². The Hall–Kier alpha value is -2.26. The summed E-state index contributed by atoms with van der Waals surface area (Å²) in [5, 5.41) is 0. The number of hydrogen-bond donors (Lipinski definition) is 0. The van der Waals surface area contributed by atoms with Crippen LogP contribution in [0.1, 0.15) is 321 Å². The molecule has 2 nitrogen and oxygen atoms in total. The Morgan fingerprint density at radius 3 is 1.24 bits per heavy atom. The van der Waals surface area contributed by atoms with Crippen LogP contribution >= 0.6 is 0 Å². The van der Waals surface area contributed by atoms with E-state index >= 15 is 0 Å². The molecular formula is C68H114N2Pd. The summed E-state index contributed by atoms with van der Waals surface area (Å²) in [6, 6.07) is 17.9. The molecule has 1 aliphatic heterocycles. The van der Waals surface area contributed by atoms with Crippen LogP contribution in [0, 0.1) is 11.8 Å². The first kappa shape index (κ1) is 64.9. The number of unbranched alkanes of at least 4 members (excludes halogenated alkanes) is 31. The minimum atomic E-state index is 0.939. The first-order chi connectivity index (χ1) is 35.1. The van der Waals surface area contributed by atoms with Crippen molar-refractivity contribution in [3.05, 3.63) is 87.5 Å². The quantitative estimate of drug-likeness (QED) is 0.0273. The van der Waals surface area contributed by atoms with Gasteiger partial charge in [0.1, 0.15) is 0 Å². The van der Waals surface area contributed by atoms with Gasteiger partial charge in [0.15, 0.2) is 0 Å². The molecule has 2 aromatic carbocycles. The van der Waals surface area contributed by atoms with Crippen LogP contribution in [0.5, 0.6) is 0 Å². The second-order valence-electron chi connectivity index (χ2n) is 21.3. The van der Waals surface area contributed by atoms with Crippen LogP contribution in [0.2, 0.25) is 9.79 Å². The molecule has 0 bridgehead atoms. The third kappa shape index (κ3) is 31.3. The van der Waals surface area contributed by atoms with Crippen LogP contribution in [0.4, 0.5) is 0 Å². The normalized spacial score (nSPS) is 12.5. The van der Waals surface area contributed by atoms with E-state index < -0.39 is 0 Å². The van der Waals surface area contributed by atoms with E-state index in [0.29, 0.717) is 0 Å². The zero-order valence-electron chi connectivity index (χ0n) is 47.9. The van der Waals surface area contributed by atoms with Gasteiger partial charge in [-0.1, -0.05) is 219 Å². The second kappa shape index (κ2) is 47.5. The molecule has 0 radical (unpaired) electrons. The van der Waals surface area contributed by atoms with Crippen molar-refractivity contribution in [2.45, 2.75) is 321 Å². The van der Waals surface area contributed by atoms with E-state index in [9.17, 15) is 5.53 Å². The topological polar surface area (TPSA) is 25.3 Å². The standard InChI is InChI=1S/C58H92N2.2C5H11.Pd/c1-5-9-13-15-16-17-18-19-20-21-22-23-24-25-26-27-28-29-30-31-32-33-34-35-36-38-42-52-43-39-40-46-54(52)58-56(45-12-8-4)55(44-11-7-3)57(60(58)59)53-49-47-51(48-50-53)41-37-14-10-6-2;2*1-3-5-4-2;/h39-40,43,46-50H,5-33,36-38,41-42,44-45H2,1-4H3;2*1,3-5H2,2H3;. The molecular weight excluding hydrogens is 951 g/mol. The van der Waals surface area contributed by atoms with E-state index in [1.54, 1.807) is 4.70 Å². The number of nitrogens with zero attached hydrogens (tertiary/aromatic N) is 2. The van der Waals surface area contributed by atoms with Crippen LogP contribution in [-0.4, -0.2) is 4.70 Å². The Labute approximate surface area is 451 Å². The van der Waals surface area contributed by atoms with Gasteiger partial charge in [-0.15, -0.1) is 11.8 Å². The summed E-state index contributed by atoms with van der Waals surface area (Å²) in [6.07, 6.45) is 55.4. The molecule has 0 amide bonds. The van der Waals surface area contributed by atoms with E-state index in [4.69, 9.17) is 0 Å². The molecule has 0 atom stereocenters. The Morgan fingerprint density at radius 2 is 0.761 bits per heavy atom. The number of allylic oxidation sites excluding steroid dienone is 2. The molecule has 0 saturated heterocycles. The molecule has 0 fully saturated rings. The van der Waals surface area contributed by atoms with Gasteiger partial charge in [0.05, 0.1) is 0 Å². The van der Waals surface area contributed by atoms with Crippen molar-refractivity contribution in [3.8, 4) is 11.8 Å². The van der Waals surface area contributed by atoms with E-state index in [2.05, 4.69) is 102 Å². The molecule has 2 aromatic rings. The molecule has 406 valence electrons. The fourth-order valence-corrected chi connectivity index (χ4v) is 12.1. The molecule has 1 heterocycles. The van der Waals surface area contributed by atoms with Crippen molar-refractivity contribution in [2.75, 3.05) is 0 Å². The van der Waals surface area contributed by atoms with Crippen molar-refractivity contribution >= 4 is 11.4 Å². The van der Waals surface area contributed by atoms with Crippen LogP contribution < -0.4 is 0 Å². The van der Waals surface area contributed by atoms with Crippen LogP contribution in [0.3, 0.4) is 0 Å². The zero-order chi connectivity index (χ0) is 51.1. The van der Waals surface area contributed by atoms with E-state index in [0.717, 1.165) is 106 Å². The SMILES string of the molecule is CCCCCCCCCCCCCCCCCCCCCCCC#CCCCc1ccccc1C1=C(CCCC)C(CCCC)=C(c2ccc(CCCCCC)cc2)[N+]1=[N-].CCCC[CH2][Pd][CH2]CCCC. The van der Waals surface area contributed by atoms with E-state index in [1.807, 2.05) is 0 Å². The molecule has 0 spiro atoms. The van der Waals surface area contributed by atoms with Gasteiger partial charge in [0, 0.05) is 35.1 Å². The Kier molecular flexibility index (Phi) is 43.3. The molecule has 0 unspecified atom stereocenters. The molecule has 3 rings (SSSR count). The van der Waals surface area contributed by atoms with Gasteiger partial charge in [-0.25, -0.2) is 4.70 Å². The molecule has 3 heteroatoms. The number of rotatable bonds is 45. The van der Waals surface area contributed by atoms with Crippen molar-refractivity contribution in [3.63, 3.8) is 0 Å². The first-order valence-corrected chi connectivity index (χ1v) is 33.3. The van der Waals surface area contributed by atoms with Gasteiger partial charge in [-0.2, -0.15) is 0 Å². The fraction of sp³-hybridized carbons (Fsp3) is 0.735. The monoisotopic (exact) mass is 1060 g/mol. The maximum absolute atomic E-state index is 12.2. The van der Waals surface area contributed by atoms with Gasteiger partial charge < -0.3 is 5.53 Å². The van der Waals surface area contributed by atoms with E-state index in [-0.39, 0.29) is 0 Å². The third-order valence-electron chi connectivity index (χ3n) is 14.7. The van der Waals surface area contributed by atoms with Crippen LogP contribution in [-0.2, 0) is 30.8 Å². The molecule has 71 heavy (non-hydrogen) atoms. The van der Waals surface area contributed by atoms with Crippen molar-refractivity contribution in [1.82, 2.24) is 0 Å². The molecule has 0 N–H and O–H groups in total. The van der Waals surface area contributed by atoms with Gasteiger partial charge in [0.2, 0.25) is 11.4 Å². The summed E-state index contributed by atoms with van der Waals surface area (Å²) in [4.78, 5) is 3.04. The molecule has 1 aliphatic rings. The van der Waals surface area contributed by atoms with E-state index in [1.165, 1.54) is 237 Å². The predicted octanol–water partition coefficient (Wildman–Crippen LogP) is 23.6. The van der Waals surface area contributed by atoms with Gasteiger partial charge in [-0.05, 0) is 87.1 Å². The predicted molar refractivity (Wildman–Crippen MR) is 314 cm³/mol. The van der Waals surface area contributed by atoms with Gasteiger partial charge in [0.25, 0.3) is 0 Å². The Balaban J connectivity index is 0.00000139. The zero-order valence-corrected chi connectivity index (χ0v) is 49.5. The van der Waals surface area contributed by atoms with Crippen molar-refractivity contribution in [1.29, 1.82) is 0 Å². The summed E-state index contributed by atoms with van der Waals surface area (Å²) in [5.41, 5.74) is 21.9. The summed E-state index contributed by atoms with van der Waals surface area (Å²) >= 11 is 1.08. The summed E-state index contributed by atoms with van der Waals surface area (Å²) in [6.45, 7) is 13.7. The van der Waals surface area contributed by atoms with Gasteiger partial charge >= 0.3 is 80.1 Å². The average molecular weight is 1070 g/mol. The minimum absolute atomic E-state index is 0.939. The second-order valence-corrected chi connectivity index (χ2v) is 23.6. The number of benzene rings is 2. The first-order valence-electron chi connectivity index (χ1n) is 31.1. The van der Waals surface area contributed by atoms with Crippen LogP contribution in [0.25, 0.3) is 16.9 Å². The summed E-state index contributed by atoms with van der Waals surface area (Å²) < 4.78 is 1.58. The Morgan fingerprint density at radius 1 is 0.366 bits per heavy atom. The molecule has 0 saturated carbocycles. The van der Waals surface area contributed by atoms with Gasteiger partial charge in [-0.3, -0.25) is 0 Å². The maximum atomic E-state index is 12.2.